The van der Waals surface area contributed by atoms with Crippen molar-refractivity contribution in [2.45, 2.75) is 37.6 Å². The summed E-state index contributed by atoms with van der Waals surface area (Å²) in [4.78, 5) is 11.9. The third-order valence-corrected chi connectivity index (χ3v) is 4.64. The number of nitrogens with one attached hydrogen (secondary N) is 1. The van der Waals surface area contributed by atoms with Crippen LogP contribution in [0.25, 0.3) is 0 Å². The van der Waals surface area contributed by atoms with Gasteiger partial charge in [0.25, 0.3) is 0 Å². The largest absolute Gasteiger partial charge is 0.493 e. The maximum atomic E-state index is 11.9. The number of amides is 1. The Morgan fingerprint density at radius 3 is 2.58 bits per heavy atom. The monoisotopic (exact) mass is 325 g/mol. The number of carbonyl (C=O) groups excluding carboxylic acids is 1. The number of carbonyl (C=O) groups is 1. The van der Waals surface area contributed by atoms with Crippen LogP contribution in [0.5, 0.6) is 5.75 Å². The normalized spacial score (nSPS) is 17.1. The number of hydrogen-bond acceptors (Lipinski definition) is 2. The van der Waals surface area contributed by atoms with Crippen LogP contribution in [0, 0.1) is 0 Å². The summed E-state index contributed by atoms with van der Waals surface area (Å²) in [7, 11) is 0. The van der Waals surface area contributed by atoms with Crippen LogP contribution in [-0.4, -0.2) is 23.4 Å². The van der Waals surface area contributed by atoms with Gasteiger partial charge in [-0.05, 0) is 25.0 Å². The van der Waals surface area contributed by atoms with Crippen LogP contribution >= 0.6 is 15.9 Å². The number of halogens is 1. The summed E-state index contributed by atoms with van der Waals surface area (Å²) >= 11 is 3.52. The van der Waals surface area contributed by atoms with E-state index < -0.39 is 0 Å². The minimum atomic E-state index is -0.0240. The molecule has 19 heavy (non-hydrogen) atoms. The minimum absolute atomic E-state index is 0.0240. The van der Waals surface area contributed by atoms with Crippen molar-refractivity contribution < 1.29 is 9.53 Å². The third kappa shape index (κ3) is 4.23. The molecular weight excluding hydrogens is 306 g/mol. The predicted octanol–water partition coefficient (Wildman–Crippen LogP) is 3.28. The highest BCUT2D eigenvalue weighted by molar-refractivity contribution is 9.09. The molecule has 4 heteroatoms. The van der Waals surface area contributed by atoms with Gasteiger partial charge in [0.1, 0.15) is 5.75 Å². The van der Waals surface area contributed by atoms with E-state index in [4.69, 9.17) is 4.74 Å². The van der Waals surface area contributed by atoms with E-state index in [1.807, 2.05) is 30.3 Å². The van der Waals surface area contributed by atoms with Crippen LogP contribution in [0.4, 0.5) is 0 Å². The average molecular weight is 326 g/mol. The Hall–Kier alpha value is -1.03. The van der Waals surface area contributed by atoms with Crippen LogP contribution in [0.1, 0.15) is 32.1 Å². The fourth-order valence-corrected chi connectivity index (χ4v) is 3.18. The van der Waals surface area contributed by atoms with Gasteiger partial charge >= 0.3 is 0 Å². The summed E-state index contributed by atoms with van der Waals surface area (Å²) in [5, 5.41) is 4.00. The van der Waals surface area contributed by atoms with Gasteiger partial charge in [-0.3, -0.25) is 4.79 Å². The van der Waals surface area contributed by atoms with E-state index in [2.05, 4.69) is 21.2 Å². The second kappa shape index (κ2) is 6.94. The molecule has 1 N–H and O–H groups in total. The average Bonchev–Trinajstić information content (AvgIpc) is 2.89. The van der Waals surface area contributed by atoms with Gasteiger partial charge in [0.15, 0.2) is 0 Å². The Balaban J connectivity index is 1.73. The summed E-state index contributed by atoms with van der Waals surface area (Å²) < 4.78 is 5.54. The molecule has 0 atom stereocenters. The van der Waals surface area contributed by atoms with Gasteiger partial charge in [0, 0.05) is 10.9 Å². The maximum Gasteiger partial charge on any atom is 0.223 e. The lowest BCUT2D eigenvalue weighted by molar-refractivity contribution is -0.123. The quantitative estimate of drug-likeness (QED) is 0.815. The Morgan fingerprint density at radius 1 is 1.26 bits per heavy atom. The van der Waals surface area contributed by atoms with Gasteiger partial charge < -0.3 is 10.1 Å². The molecule has 0 heterocycles. The van der Waals surface area contributed by atoms with Crippen molar-refractivity contribution in [2.75, 3.05) is 11.9 Å². The summed E-state index contributed by atoms with van der Waals surface area (Å²) in [6.45, 7) is 0.425. The molecule has 1 amide bonds. The zero-order chi connectivity index (χ0) is 13.6. The molecule has 0 unspecified atom stereocenters. The smallest absolute Gasteiger partial charge is 0.223 e. The SMILES string of the molecule is O=C(CCOc1ccccc1)NC1(CBr)CCCC1. The van der Waals surface area contributed by atoms with Gasteiger partial charge in [-0.25, -0.2) is 0 Å². The van der Waals surface area contributed by atoms with Gasteiger partial charge in [-0.2, -0.15) is 0 Å². The Bertz CT molecular complexity index is 402. The highest BCUT2D eigenvalue weighted by atomic mass is 79.9. The molecular formula is C15H20BrNO2. The molecule has 1 fully saturated rings. The lowest BCUT2D eigenvalue weighted by Crippen LogP contribution is -2.48. The van der Waals surface area contributed by atoms with Crippen LogP contribution in [0.2, 0.25) is 0 Å². The second-order valence-corrected chi connectivity index (χ2v) is 5.64. The number of rotatable bonds is 6. The molecule has 0 spiro atoms. The molecule has 0 saturated heterocycles. The van der Waals surface area contributed by atoms with E-state index in [0.29, 0.717) is 13.0 Å². The first-order valence-electron chi connectivity index (χ1n) is 6.79. The number of benzene rings is 1. The van der Waals surface area contributed by atoms with Crippen molar-refractivity contribution in [3.05, 3.63) is 30.3 Å². The highest BCUT2D eigenvalue weighted by Gasteiger charge is 2.33. The fourth-order valence-electron chi connectivity index (χ4n) is 2.48. The number of hydrogen-bond donors (Lipinski definition) is 1. The molecule has 2 rings (SSSR count). The second-order valence-electron chi connectivity index (χ2n) is 5.08. The third-order valence-electron chi connectivity index (χ3n) is 3.56. The van der Waals surface area contributed by atoms with Gasteiger partial charge in [-0.1, -0.05) is 47.0 Å². The topological polar surface area (TPSA) is 38.3 Å². The molecule has 1 aliphatic carbocycles. The van der Waals surface area contributed by atoms with Crippen molar-refractivity contribution in [3.63, 3.8) is 0 Å². The molecule has 1 aromatic rings. The van der Waals surface area contributed by atoms with E-state index in [1.54, 1.807) is 0 Å². The Kier molecular flexibility index (Phi) is 5.25. The van der Waals surface area contributed by atoms with Crippen molar-refractivity contribution in [3.8, 4) is 5.75 Å². The Labute approximate surface area is 122 Å². The predicted molar refractivity (Wildman–Crippen MR) is 79.7 cm³/mol. The van der Waals surface area contributed by atoms with Gasteiger partial charge in [-0.15, -0.1) is 0 Å². The van der Waals surface area contributed by atoms with Gasteiger partial charge in [0.05, 0.1) is 13.0 Å². The van der Waals surface area contributed by atoms with Crippen molar-refractivity contribution in [1.29, 1.82) is 0 Å². The van der Waals surface area contributed by atoms with Crippen LogP contribution in [-0.2, 0) is 4.79 Å². The molecule has 0 radical (unpaired) electrons. The highest BCUT2D eigenvalue weighted by Crippen LogP contribution is 2.31. The molecule has 104 valence electrons. The fraction of sp³-hybridized carbons (Fsp3) is 0.533. The molecule has 1 aromatic carbocycles. The van der Waals surface area contributed by atoms with Crippen LogP contribution in [0.3, 0.4) is 0 Å². The molecule has 0 aromatic heterocycles. The van der Waals surface area contributed by atoms with E-state index in [0.717, 1.165) is 23.9 Å². The summed E-state index contributed by atoms with van der Waals surface area (Å²) in [5.41, 5.74) is -0.0240. The number of alkyl halides is 1. The first-order chi connectivity index (χ1) is 9.24. The van der Waals surface area contributed by atoms with Crippen molar-refractivity contribution in [2.24, 2.45) is 0 Å². The lowest BCUT2D eigenvalue weighted by Gasteiger charge is -2.28. The zero-order valence-corrected chi connectivity index (χ0v) is 12.6. The Morgan fingerprint density at radius 2 is 1.95 bits per heavy atom. The molecule has 1 aliphatic rings. The van der Waals surface area contributed by atoms with Crippen molar-refractivity contribution >= 4 is 21.8 Å². The number of para-hydroxylation sites is 1. The molecule has 1 saturated carbocycles. The molecule has 3 nitrogen and oxygen atoms in total. The van der Waals surface area contributed by atoms with E-state index in [1.165, 1.54) is 12.8 Å². The van der Waals surface area contributed by atoms with E-state index in [-0.39, 0.29) is 11.4 Å². The van der Waals surface area contributed by atoms with E-state index in [9.17, 15) is 4.79 Å². The minimum Gasteiger partial charge on any atom is -0.493 e. The molecule has 0 aliphatic heterocycles. The maximum absolute atomic E-state index is 11.9. The summed E-state index contributed by atoms with van der Waals surface area (Å²) in [6, 6.07) is 9.59. The first-order valence-corrected chi connectivity index (χ1v) is 7.91. The van der Waals surface area contributed by atoms with Crippen LogP contribution in [0.15, 0.2) is 30.3 Å². The standard InChI is InChI=1S/C15H20BrNO2/c16-12-15(9-4-5-10-15)17-14(18)8-11-19-13-6-2-1-3-7-13/h1-3,6-7H,4-5,8-12H2,(H,17,18). The van der Waals surface area contributed by atoms with Crippen molar-refractivity contribution in [1.82, 2.24) is 5.32 Å². The van der Waals surface area contributed by atoms with Gasteiger partial charge in [0.2, 0.25) is 5.91 Å². The number of ether oxygens (including phenoxy) is 1. The molecule has 0 bridgehead atoms. The van der Waals surface area contributed by atoms with Crippen LogP contribution < -0.4 is 10.1 Å². The zero-order valence-electron chi connectivity index (χ0n) is 11.0. The first kappa shape index (κ1) is 14.4. The van der Waals surface area contributed by atoms with E-state index >= 15 is 0 Å². The summed E-state index contributed by atoms with van der Waals surface area (Å²) in [6.07, 6.45) is 4.95. The summed E-state index contributed by atoms with van der Waals surface area (Å²) in [5.74, 6) is 0.892. The lowest BCUT2D eigenvalue weighted by atomic mass is 10.0.